The van der Waals surface area contributed by atoms with E-state index in [1.54, 1.807) is 12.1 Å². The third-order valence-electron chi connectivity index (χ3n) is 2.87. The van der Waals surface area contributed by atoms with Crippen molar-refractivity contribution in [3.8, 4) is 0 Å². The Hall–Kier alpha value is -0.580. The number of alkyl halides is 1. The highest BCUT2D eigenvalue weighted by atomic mass is 35.5. The standard InChI is InChI=1S/C12H17ClO3S/c1-4-17(15,16)12(3,13)11(14)10-7-5-9(2)6-8-10/h5-8,11,14H,4H2,1-3H3/t11-,12+/m0/s1. The highest BCUT2D eigenvalue weighted by molar-refractivity contribution is 7.94. The first kappa shape index (κ1) is 14.5. The molecule has 0 bridgehead atoms. The first-order valence-electron chi connectivity index (χ1n) is 5.38. The molecular weight excluding hydrogens is 260 g/mol. The third-order valence-corrected chi connectivity index (χ3v) is 5.98. The lowest BCUT2D eigenvalue weighted by molar-refractivity contribution is 0.162. The molecule has 1 rings (SSSR count). The molecule has 2 atom stereocenters. The molecule has 1 aromatic carbocycles. The second kappa shape index (κ2) is 4.96. The van der Waals surface area contributed by atoms with Crippen LogP contribution in [0.1, 0.15) is 31.1 Å². The van der Waals surface area contributed by atoms with Gasteiger partial charge in [0.05, 0.1) is 0 Å². The molecule has 0 amide bonds. The smallest absolute Gasteiger partial charge is 0.172 e. The largest absolute Gasteiger partial charge is 0.385 e. The van der Waals surface area contributed by atoms with Crippen molar-refractivity contribution < 1.29 is 13.5 Å². The minimum Gasteiger partial charge on any atom is -0.385 e. The maximum absolute atomic E-state index is 11.8. The molecule has 0 unspecified atom stereocenters. The van der Waals surface area contributed by atoms with E-state index in [-0.39, 0.29) is 5.75 Å². The summed E-state index contributed by atoms with van der Waals surface area (Å²) in [6, 6.07) is 6.99. The van der Waals surface area contributed by atoms with Crippen LogP contribution in [0.15, 0.2) is 24.3 Å². The average Bonchev–Trinajstić information content (AvgIpc) is 2.28. The Morgan fingerprint density at radius 2 is 1.82 bits per heavy atom. The van der Waals surface area contributed by atoms with E-state index >= 15 is 0 Å². The first-order chi connectivity index (χ1) is 7.72. The predicted octanol–water partition coefficient (Wildman–Crippen LogP) is 2.42. The van der Waals surface area contributed by atoms with Gasteiger partial charge in [-0.05, 0) is 19.4 Å². The Balaban J connectivity index is 3.12. The summed E-state index contributed by atoms with van der Waals surface area (Å²) in [6.45, 7) is 4.76. The van der Waals surface area contributed by atoms with E-state index in [4.69, 9.17) is 11.6 Å². The predicted molar refractivity (Wildman–Crippen MR) is 69.9 cm³/mol. The van der Waals surface area contributed by atoms with Gasteiger partial charge in [0.15, 0.2) is 14.0 Å². The molecule has 0 aliphatic heterocycles. The van der Waals surface area contributed by atoms with Gasteiger partial charge in [0.1, 0.15) is 6.10 Å². The zero-order valence-corrected chi connectivity index (χ0v) is 11.7. The molecule has 17 heavy (non-hydrogen) atoms. The molecule has 0 aliphatic carbocycles. The highest BCUT2D eigenvalue weighted by Crippen LogP contribution is 2.37. The van der Waals surface area contributed by atoms with Gasteiger partial charge in [-0.15, -0.1) is 0 Å². The van der Waals surface area contributed by atoms with Crippen molar-refractivity contribution >= 4 is 21.4 Å². The van der Waals surface area contributed by atoms with E-state index in [2.05, 4.69) is 0 Å². The zero-order valence-electron chi connectivity index (χ0n) is 10.1. The molecule has 3 nitrogen and oxygen atoms in total. The molecule has 96 valence electrons. The molecule has 1 aromatic rings. The summed E-state index contributed by atoms with van der Waals surface area (Å²) in [6.07, 6.45) is -1.24. The summed E-state index contributed by atoms with van der Waals surface area (Å²) < 4.78 is 21.9. The van der Waals surface area contributed by atoms with Gasteiger partial charge in [0, 0.05) is 5.75 Å². The van der Waals surface area contributed by atoms with Crippen LogP contribution in [0.2, 0.25) is 0 Å². The van der Waals surface area contributed by atoms with Gasteiger partial charge < -0.3 is 5.11 Å². The van der Waals surface area contributed by atoms with Crippen molar-refractivity contribution in [1.29, 1.82) is 0 Å². The summed E-state index contributed by atoms with van der Waals surface area (Å²) in [4.78, 5) is 0. The van der Waals surface area contributed by atoms with Crippen LogP contribution >= 0.6 is 11.6 Å². The van der Waals surface area contributed by atoms with E-state index in [9.17, 15) is 13.5 Å². The van der Waals surface area contributed by atoms with Crippen molar-refractivity contribution in [2.24, 2.45) is 0 Å². The maximum Gasteiger partial charge on any atom is 0.172 e. The van der Waals surface area contributed by atoms with Crippen LogP contribution in [-0.4, -0.2) is 23.5 Å². The molecule has 1 N–H and O–H groups in total. The molecule has 0 fully saturated rings. The monoisotopic (exact) mass is 276 g/mol. The summed E-state index contributed by atoms with van der Waals surface area (Å²) in [7, 11) is -3.54. The fourth-order valence-electron chi connectivity index (χ4n) is 1.50. The normalized spacial score (nSPS) is 17.5. The van der Waals surface area contributed by atoms with E-state index in [0.29, 0.717) is 5.56 Å². The molecule has 0 spiro atoms. The van der Waals surface area contributed by atoms with E-state index in [1.807, 2.05) is 19.1 Å². The van der Waals surface area contributed by atoms with Gasteiger partial charge in [0.25, 0.3) is 0 Å². The van der Waals surface area contributed by atoms with Gasteiger partial charge in [-0.1, -0.05) is 48.4 Å². The SMILES string of the molecule is CCS(=O)(=O)[C@@](C)(Cl)[C@@H](O)c1ccc(C)cc1. The average molecular weight is 277 g/mol. The molecule has 0 radical (unpaired) electrons. The summed E-state index contributed by atoms with van der Waals surface area (Å²) in [5, 5.41) is 10.1. The number of hydrogen-bond donors (Lipinski definition) is 1. The molecular formula is C12H17ClO3S. The number of aliphatic hydroxyl groups excluding tert-OH is 1. The lowest BCUT2D eigenvalue weighted by Crippen LogP contribution is -2.37. The number of sulfone groups is 1. The van der Waals surface area contributed by atoms with Crippen molar-refractivity contribution in [2.45, 2.75) is 31.1 Å². The van der Waals surface area contributed by atoms with Gasteiger partial charge in [-0.25, -0.2) is 8.42 Å². The Labute approximate surface area is 107 Å². The topological polar surface area (TPSA) is 54.4 Å². The Kier molecular flexibility index (Phi) is 4.23. The Bertz CT molecular complexity index is 477. The fourth-order valence-corrected chi connectivity index (χ4v) is 2.99. The van der Waals surface area contributed by atoms with Gasteiger partial charge in [-0.3, -0.25) is 0 Å². The lowest BCUT2D eigenvalue weighted by atomic mass is 10.1. The second-order valence-corrected chi connectivity index (χ2v) is 7.87. The molecule has 0 saturated carbocycles. The number of benzene rings is 1. The van der Waals surface area contributed by atoms with Gasteiger partial charge in [-0.2, -0.15) is 0 Å². The minimum absolute atomic E-state index is 0.101. The number of rotatable bonds is 4. The van der Waals surface area contributed by atoms with Crippen LogP contribution < -0.4 is 0 Å². The van der Waals surface area contributed by atoms with Crippen LogP contribution in [0.3, 0.4) is 0 Å². The van der Waals surface area contributed by atoms with Crippen LogP contribution in [0.25, 0.3) is 0 Å². The van der Waals surface area contributed by atoms with Gasteiger partial charge >= 0.3 is 0 Å². The molecule has 0 aliphatic rings. The number of aliphatic hydroxyl groups is 1. The van der Waals surface area contributed by atoms with Crippen molar-refractivity contribution in [3.63, 3.8) is 0 Å². The van der Waals surface area contributed by atoms with E-state index < -0.39 is 20.1 Å². The molecule has 0 saturated heterocycles. The van der Waals surface area contributed by atoms with Crippen molar-refractivity contribution in [1.82, 2.24) is 0 Å². The molecule has 0 aromatic heterocycles. The first-order valence-corrected chi connectivity index (χ1v) is 7.41. The van der Waals surface area contributed by atoms with Crippen LogP contribution in [0, 0.1) is 6.92 Å². The van der Waals surface area contributed by atoms with Crippen LogP contribution in [-0.2, 0) is 9.84 Å². The van der Waals surface area contributed by atoms with E-state index in [1.165, 1.54) is 13.8 Å². The maximum atomic E-state index is 11.8. The lowest BCUT2D eigenvalue weighted by Gasteiger charge is -2.27. The van der Waals surface area contributed by atoms with Crippen LogP contribution in [0.5, 0.6) is 0 Å². The molecule has 0 heterocycles. The van der Waals surface area contributed by atoms with Crippen molar-refractivity contribution in [2.75, 3.05) is 5.75 Å². The quantitative estimate of drug-likeness (QED) is 0.860. The highest BCUT2D eigenvalue weighted by Gasteiger charge is 2.43. The minimum atomic E-state index is -3.54. The van der Waals surface area contributed by atoms with Crippen molar-refractivity contribution in [3.05, 3.63) is 35.4 Å². The second-order valence-electron chi connectivity index (χ2n) is 4.20. The summed E-state index contributed by atoms with van der Waals surface area (Å²) in [5.74, 6) is -0.101. The third kappa shape index (κ3) is 2.81. The van der Waals surface area contributed by atoms with Gasteiger partial charge in [0.2, 0.25) is 0 Å². The zero-order chi connectivity index (χ0) is 13.3. The number of hydrogen-bond acceptors (Lipinski definition) is 3. The Morgan fingerprint density at radius 1 is 1.35 bits per heavy atom. The summed E-state index contributed by atoms with van der Waals surface area (Å²) >= 11 is 6.01. The number of halogens is 1. The summed E-state index contributed by atoms with van der Waals surface area (Å²) in [5.41, 5.74) is 1.54. The number of aryl methyl sites for hydroxylation is 1. The van der Waals surface area contributed by atoms with Crippen LogP contribution in [0.4, 0.5) is 0 Å². The molecule has 5 heteroatoms. The van der Waals surface area contributed by atoms with E-state index in [0.717, 1.165) is 5.56 Å². The fraction of sp³-hybridized carbons (Fsp3) is 0.500. The Morgan fingerprint density at radius 3 is 2.24 bits per heavy atom.